The van der Waals surface area contributed by atoms with Gasteiger partial charge in [0.25, 0.3) is 0 Å². The van der Waals surface area contributed by atoms with Crippen LogP contribution in [-0.4, -0.2) is 29.6 Å². The molecule has 0 N–H and O–H groups in total. The van der Waals surface area contributed by atoms with Gasteiger partial charge in [0.1, 0.15) is 17.6 Å². The summed E-state index contributed by atoms with van der Waals surface area (Å²) in [5.74, 6) is 1.82. The van der Waals surface area contributed by atoms with E-state index in [-0.39, 0.29) is 11.4 Å². The lowest BCUT2D eigenvalue weighted by molar-refractivity contribution is -0.141. The van der Waals surface area contributed by atoms with Crippen molar-refractivity contribution in [1.82, 2.24) is 4.98 Å². The quantitative estimate of drug-likeness (QED) is 0.788. The van der Waals surface area contributed by atoms with Crippen molar-refractivity contribution in [3.05, 3.63) is 23.4 Å². The smallest absolute Gasteiger partial charge is 0.354 e. The maximum absolute atomic E-state index is 12.6. The van der Waals surface area contributed by atoms with Crippen LogP contribution >= 0.6 is 11.8 Å². The molecule has 1 aromatic heterocycles. The number of nitrogens with zero attached hydrogens (tertiary/aromatic N) is 3. The normalized spacial score (nSPS) is 16.4. The molecule has 0 amide bonds. The summed E-state index contributed by atoms with van der Waals surface area (Å²) in [5, 5.41) is 8.94. The van der Waals surface area contributed by atoms with Gasteiger partial charge in [0.2, 0.25) is 0 Å². The maximum Gasteiger partial charge on any atom is 0.433 e. The number of alkyl halides is 3. The number of rotatable bonds is 1. The highest BCUT2D eigenvalue weighted by atomic mass is 32.2. The Bertz CT molecular complexity index is 475. The monoisotopic (exact) mass is 273 g/mol. The molecule has 0 spiro atoms. The van der Waals surface area contributed by atoms with Gasteiger partial charge in [0, 0.05) is 24.6 Å². The van der Waals surface area contributed by atoms with Crippen LogP contribution in [0, 0.1) is 11.3 Å². The Morgan fingerprint density at radius 1 is 1.28 bits per heavy atom. The summed E-state index contributed by atoms with van der Waals surface area (Å²) < 4.78 is 37.8. The highest BCUT2D eigenvalue weighted by Gasteiger charge is 2.33. The molecule has 1 aromatic rings. The zero-order valence-corrected chi connectivity index (χ0v) is 10.2. The molecular weight excluding hydrogens is 263 g/mol. The fourth-order valence-corrected chi connectivity index (χ4v) is 2.61. The van der Waals surface area contributed by atoms with Gasteiger partial charge in [-0.1, -0.05) is 0 Å². The fraction of sp³-hybridized carbons (Fsp3) is 0.455. The summed E-state index contributed by atoms with van der Waals surface area (Å²) in [5.41, 5.74) is -0.760. The van der Waals surface area contributed by atoms with Crippen LogP contribution in [0.1, 0.15) is 11.3 Å². The van der Waals surface area contributed by atoms with Crippen molar-refractivity contribution in [1.29, 1.82) is 5.26 Å². The molecule has 0 saturated carbocycles. The Morgan fingerprint density at radius 3 is 2.50 bits per heavy atom. The minimum Gasteiger partial charge on any atom is -0.354 e. The van der Waals surface area contributed by atoms with Crippen molar-refractivity contribution in [3.63, 3.8) is 0 Å². The van der Waals surface area contributed by atoms with Crippen LogP contribution in [0.2, 0.25) is 0 Å². The average Bonchev–Trinajstić information content (AvgIpc) is 2.38. The van der Waals surface area contributed by atoms with Gasteiger partial charge in [0.05, 0.1) is 5.56 Å². The largest absolute Gasteiger partial charge is 0.433 e. The Kier molecular flexibility index (Phi) is 3.66. The van der Waals surface area contributed by atoms with Crippen LogP contribution in [0.5, 0.6) is 0 Å². The van der Waals surface area contributed by atoms with Crippen molar-refractivity contribution in [3.8, 4) is 6.07 Å². The second-order valence-electron chi connectivity index (χ2n) is 3.78. The van der Waals surface area contributed by atoms with Crippen LogP contribution in [-0.2, 0) is 6.18 Å². The molecule has 0 radical (unpaired) electrons. The molecule has 2 heterocycles. The van der Waals surface area contributed by atoms with Gasteiger partial charge >= 0.3 is 6.18 Å². The van der Waals surface area contributed by atoms with Crippen molar-refractivity contribution < 1.29 is 13.2 Å². The summed E-state index contributed by atoms with van der Waals surface area (Å²) in [6, 6.07) is 3.93. The number of thioether (sulfide) groups is 1. The van der Waals surface area contributed by atoms with Gasteiger partial charge in [0.15, 0.2) is 0 Å². The molecule has 2 rings (SSSR count). The molecule has 0 aliphatic carbocycles. The van der Waals surface area contributed by atoms with E-state index in [1.54, 1.807) is 16.7 Å². The number of halogens is 3. The molecule has 1 aliphatic heterocycles. The van der Waals surface area contributed by atoms with Crippen LogP contribution in [0.15, 0.2) is 12.1 Å². The Hall–Kier alpha value is -1.42. The van der Waals surface area contributed by atoms with Crippen molar-refractivity contribution in [2.75, 3.05) is 29.5 Å². The number of hydrogen-bond acceptors (Lipinski definition) is 4. The summed E-state index contributed by atoms with van der Waals surface area (Å²) in [6.45, 7) is 1.24. The van der Waals surface area contributed by atoms with Crippen LogP contribution in [0.25, 0.3) is 0 Å². The lowest BCUT2D eigenvalue weighted by Gasteiger charge is -2.28. The Morgan fingerprint density at radius 2 is 1.94 bits per heavy atom. The molecule has 3 nitrogen and oxygen atoms in total. The predicted molar refractivity (Wildman–Crippen MR) is 63.5 cm³/mol. The molecule has 7 heteroatoms. The number of nitriles is 1. The summed E-state index contributed by atoms with van der Waals surface area (Å²) in [6.07, 6.45) is -4.48. The van der Waals surface area contributed by atoms with Crippen LogP contribution < -0.4 is 4.90 Å². The van der Waals surface area contributed by atoms with Gasteiger partial charge in [-0.15, -0.1) is 0 Å². The maximum atomic E-state index is 12.6. The third-order valence-corrected chi connectivity index (χ3v) is 3.54. The van der Waals surface area contributed by atoms with Crippen molar-refractivity contribution in [2.24, 2.45) is 0 Å². The highest BCUT2D eigenvalue weighted by Crippen LogP contribution is 2.31. The van der Waals surface area contributed by atoms with E-state index in [2.05, 4.69) is 4.98 Å². The number of anilines is 1. The summed E-state index contributed by atoms with van der Waals surface area (Å²) in [7, 11) is 0. The Labute approximate surface area is 107 Å². The van der Waals surface area contributed by atoms with Crippen LogP contribution in [0.3, 0.4) is 0 Å². The lowest BCUT2D eigenvalue weighted by atomic mass is 10.2. The molecule has 1 saturated heterocycles. The zero-order valence-electron chi connectivity index (χ0n) is 9.37. The van der Waals surface area contributed by atoms with Gasteiger partial charge in [-0.2, -0.15) is 30.2 Å². The minimum absolute atomic E-state index is 0.146. The Balaban J connectivity index is 2.39. The minimum atomic E-state index is -4.48. The van der Waals surface area contributed by atoms with Gasteiger partial charge in [-0.3, -0.25) is 0 Å². The third kappa shape index (κ3) is 2.70. The topological polar surface area (TPSA) is 39.9 Å². The predicted octanol–water partition coefficient (Wildman–Crippen LogP) is 2.53. The molecule has 1 aliphatic rings. The zero-order chi connectivity index (χ0) is 13.2. The van der Waals surface area contributed by atoms with E-state index in [0.29, 0.717) is 13.1 Å². The number of aromatic nitrogens is 1. The van der Waals surface area contributed by atoms with E-state index in [0.717, 1.165) is 17.6 Å². The highest BCUT2D eigenvalue weighted by molar-refractivity contribution is 7.99. The summed E-state index contributed by atoms with van der Waals surface area (Å²) >= 11 is 1.74. The molecule has 0 aromatic carbocycles. The first-order valence-electron chi connectivity index (χ1n) is 5.33. The van der Waals surface area contributed by atoms with Gasteiger partial charge < -0.3 is 4.90 Å². The molecule has 96 valence electrons. The first-order valence-corrected chi connectivity index (χ1v) is 6.49. The third-order valence-electron chi connectivity index (χ3n) is 2.60. The molecule has 0 bridgehead atoms. The molecular formula is C11H10F3N3S. The molecule has 18 heavy (non-hydrogen) atoms. The fourth-order valence-electron chi connectivity index (χ4n) is 1.71. The molecule has 0 atom stereocenters. The summed E-state index contributed by atoms with van der Waals surface area (Å²) in [4.78, 5) is 5.35. The SMILES string of the molecule is N#Cc1ccc(C(F)(F)F)nc1N1CCSCC1. The van der Waals surface area contributed by atoms with E-state index in [9.17, 15) is 13.2 Å². The molecule has 0 unspecified atom stereocenters. The molecule has 1 fully saturated rings. The second-order valence-corrected chi connectivity index (χ2v) is 5.00. The van der Waals surface area contributed by atoms with Gasteiger partial charge in [-0.25, -0.2) is 4.98 Å². The van der Waals surface area contributed by atoms with E-state index >= 15 is 0 Å². The van der Waals surface area contributed by atoms with E-state index < -0.39 is 11.9 Å². The van der Waals surface area contributed by atoms with Gasteiger partial charge in [-0.05, 0) is 12.1 Å². The van der Waals surface area contributed by atoms with E-state index in [1.165, 1.54) is 6.07 Å². The lowest BCUT2D eigenvalue weighted by Crippen LogP contribution is -2.34. The first-order chi connectivity index (χ1) is 8.52. The van der Waals surface area contributed by atoms with Crippen LogP contribution in [0.4, 0.5) is 19.0 Å². The second kappa shape index (κ2) is 5.06. The van der Waals surface area contributed by atoms with E-state index in [4.69, 9.17) is 5.26 Å². The van der Waals surface area contributed by atoms with Crippen molar-refractivity contribution in [2.45, 2.75) is 6.18 Å². The number of pyridine rings is 1. The first kappa shape index (κ1) is 13.0. The number of hydrogen-bond donors (Lipinski definition) is 0. The van der Waals surface area contributed by atoms with Crippen molar-refractivity contribution >= 4 is 17.6 Å². The standard InChI is InChI=1S/C11H10F3N3S/c12-11(13,14)9-2-1-8(7-15)10(16-9)17-3-5-18-6-4-17/h1-2H,3-6H2. The van der Waals surface area contributed by atoms with E-state index in [1.807, 2.05) is 6.07 Å². The average molecular weight is 273 g/mol.